The second kappa shape index (κ2) is 6.44. The first-order valence-electron chi connectivity index (χ1n) is 7.71. The number of carbonyl (C=O) groups is 1. The van der Waals surface area contributed by atoms with Crippen LogP contribution in [-0.4, -0.2) is 53.9 Å². The highest BCUT2D eigenvalue weighted by molar-refractivity contribution is 7.13. The molecule has 1 aromatic rings. The zero-order valence-corrected chi connectivity index (χ0v) is 14.8. The van der Waals surface area contributed by atoms with Crippen LogP contribution in [0, 0.1) is 18.8 Å². The van der Waals surface area contributed by atoms with E-state index >= 15 is 0 Å². The van der Waals surface area contributed by atoms with Gasteiger partial charge in [-0.05, 0) is 32.9 Å². The highest BCUT2D eigenvalue weighted by Crippen LogP contribution is 2.26. The molecule has 2 atom stereocenters. The normalized spacial score (nSPS) is 22.6. The Balaban J connectivity index is 2.12. The van der Waals surface area contributed by atoms with Gasteiger partial charge in [-0.2, -0.15) is 0 Å². The lowest BCUT2D eigenvalue weighted by Gasteiger charge is -2.22. The monoisotopic (exact) mass is 309 g/mol. The minimum atomic E-state index is 0.163. The molecule has 1 saturated heterocycles. The van der Waals surface area contributed by atoms with Crippen molar-refractivity contribution in [2.75, 3.05) is 27.2 Å². The van der Waals surface area contributed by atoms with E-state index in [0.717, 1.165) is 35.1 Å². The molecule has 0 aliphatic carbocycles. The molecule has 1 aliphatic heterocycles. The highest BCUT2D eigenvalue weighted by Gasteiger charge is 2.35. The van der Waals surface area contributed by atoms with Gasteiger partial charge in [0.25, 0.3) is 5.91 Å². The van der Waals surface area contributed by atoms with Crippen LogP contribution in [0.1, 0.15) is 41.1 Å². The van der Waals surface area contributed by atoms with Crippen LogP contribution in [0.4, 0.5) is 0 Å². The molecule has 4 nitrogen and oxygen atoms in total. The molecule has 1 fully saturated rings. The number of rotatable bonds is 4. The Bertz CT molecular complexity index is 510. The number of likely N-dealkylation sites (tertiary alicyclic amines) is 1. The fraction of sp³-hybridized carbons (Fsp3) is 0.750. The van der Waals surface area contributed by atoms with E-state index in [1.165, 1.54) is 0 Å². The van der Waals surface area contributed by atoms with Crippen molar-refractivity contribution >= 4 is 17.2 Å². The lowest BCUT2D eigenvalue weighted by Crippen LogP contribution is -2.35. The van der Waals surface area contributed by atoms with Gasteiger partial charge in [0, 0.05) is 25.6 Å². The van der Waals surface area contributed by atoms with Crippen molar-refractivity contribution in [3.05, 3.63) is 15.6 Å². The van der Waals surface area contributed by atoms with Crippen molar-refractivity contribution < 1.29 is 4.79 Å². The van der Waals surface area contributed by atoms with Crippen LogP contribution in [0.25, 0.3) is 0 Å². The molecule has 0 bridgehead atoms. The molecular formula is C16H27N3OS. The average molecular weight is 309 g/mol. The molecule has 21 heavy (non-hydrogen) atoms. The summed E-state index contributed by atoms with van der Waals surface area (Å²) < 4.78 is 0. The van der Waals surface area contributed by atoms with Crippen LogP contribution in [-0.2, 0) is 6.42 Å². The van der Waals surface area contributed by atoms with Crippen molar-refractivity contribution in [1.82, 2.24) is 14.8 Å². The SMILES string of the molecule is Cc1nc(CC(C)C)sc1C(=O)N1C[C@H](C)[C@@H](N(C)C)C1. The standard InChI is InChI=1S/C16H27N3OS/c1-10(2)7-14-17-12(4)15(21-14)16(20)19-8-11(3)13(9-19)18(5)6/h10-11,13H,7-9H2,1-6H3/t11-,13-/m0/s1. The molecule has 0 radical (unpaired) electrons. The Morgan fingerprint density at radius 1 is 1.43 bits per heavy atom. The highest BCUT2D eigenvalue weighted by atomic mass is 32.1. The van der Waals surface area contributed by atoms with Crippen LogP contribution in [0.2, 0.25) is 0 Å². The third kappa shape index (κ3) is 3.64. The maximum Gasteiger partial charge on any atom is 0.265 e. The molecule has 0 aromatic carbocycles. The number of aromatic nitrogens is 1. The molecule has 5 heteroatoms. The van der Waals surface area contributed by atoms with E-state index in [9.17, 15) is 4.79 Å². The number of likely N-dealkylation sites (N-methyl/N-ethyl adjacent to an activating group) is 1. The van der Waals surface area contributed by atoms with E-state index in [-0.39, 0.29) is 5.91 Å². The molecule has 1 aromatic heterocycles. The first-order chi connectivity index (χ1) is 9.79. The zero-order chi connectivity index (χ0) is 15.7. The Kier molecular flexibility index (Phi) is 5.04. The van der Waals surface area contributed by atoms with E-state index in [1.54, 1.807) is 11.3 Å². The van der Waals surface area contributed by atoms with Crippen molar-refractivity contribution in [2.24, 2.45) is 11.8 Å². The van der Waals surface area contributed by atoms with E-state index in [4.69, 9.17) is 0 Å². The summed E-state index contributed by atoms with van der Waals surface area (Å²) in [5, 5.41) is 1.09. The Labute approximate surface area is 132 Å². The summed E-state index contributed by atoms with van der Waals surface area (Å²) in [7, 11) is 4.18. The first kappa shape index (κ1) is 16.4. The van der Waals surface area contributed by atoms with Crippen molar-refractivity contribution in [1.29, 1.82) is 0 Å². The lowest BCUT2D eigenvalue weighted by atomic mass is 10.1. The van der Waals surface area contributed by atoms with Gasteiger partial charge < -0.3 is 9.80 Å². The summed E-state index contributed by atoms with van der Waals surface area (Å²) in [6.45, 7) is 10.2. The fourth-order valence-electron chi connectivity index (χ4n) is 3.02. The number of hydrogen-bond donors (Lipinski definition) is 0. The number of hydrogen-bond acceptors (Lipinski definition) is 4. The molecule has 0 N–H and O–H groups in total. The first-order valence-corrected chi connectivity index (χ1v) is 8.53. The third-order valence-corrected chi connectivity index (χ3v) is 5.31. The smallest absolute Gasteiger partial charge is 0.265 e. The van der Waals surface area contributed by atoms with Gasteiger partial charge in [0.15, 0.2) is 0 Å². The lowest BCUT2D eigenvalue weighted by molar-refractivity contribution is 0.0785. The molecule has 2 heterocycles. The van der Waals surface area contributed by atoms with Gasteiger partial charge in [-0.1, -0.05) is 20.8 Å². The second-order valence-electron chi connectivity index (χ2n) is 6.84. The van der Waals surface area contributed by atoms with Crippen molar-refractivity contribution in [3.8, 4) is 0 Å². The number of aryl methyl sites for hydroxylation is 1. The Morgan fingerprint density at radius 3 is 2.62 bits per heavy atom. The summed E-state index contributed by atoms with van der Waals surface area (Å²) >= 11 is 1.58. The van der Waals surface area contributed by atoms with E-state index in [0.29, 0.717) is 17.9 Å². The molecule has 2 rings (SSSR count). The zero-order valence-electron chi connectivity index (χ0n) is 14.0. The van der Waals surface area contributed by atoms with Gasteiger partial charge >= 0.3 is 0 Å². The summed E-state index contributed by atoms with van der Waals surface area (Å²) in [5.74, 6) is 1.26. The Morgan fingerprint density at radius 2 is 2.10 bits per heavy atom. The van der Waals surface area contributed by atoms with Gasteiger partial charge in [-0.25, -0.2) is 4.98 Å². The topological polar surface area (TPSA) is 36.4 Å². The minimum Gasteiger partial charge on any atom is -0.336 e. The molecule has 1 amide bonds. The molecule has 118 valence electrons. The summed E-state index contributed by atoms with van der Waals surface area (Å²) in [6, 6.07) is 0.456. The van der Waals surface area contributed by atoms with Crippen LogP contribution < -0.4 is 0 Å². The van der Waals surface area contributed by atoms with Gasteiger partial charge in [0.2, 0.25) is 0 Å². The predicted molar refractivity (Wildman–Crippen MR) is 87.9 cm³/mol. The van der Waals surface area contributed by atoms with Gasteiger partial charge in [-0.3, -0.25) is 4.79 Å². The number of amides is 1. The second-order valence-corrected chi connectivity index (χ2v) is 7.92. The number of thiazole rings is 1. The number of nitrogens with zero attached hydrogens (tertiary/aromatic N) is 3. The van der Waals surface area contributed by atoms with Crippen LogP contribution in [0.5, 0.6) is 0 Å². The number of carbonyl (C=O) groups excluding carboxylic acids is 1. The van der Waals surface area contributed by atoms with Gasteiger partial charge in [0.1, 0.15) is 4.88 Å². The molecule has 0 saturated carbocycles. The van der Waals surface area contributed by atoms with Gasteiger partial charge in [-0.15, -0.1) is 11.3 Å². The minimum absolute atomic E-state index is 0.163. The van der Waals surface area contributed by atoms with Gasteiger partial charge in [0.05, 0.1) is 10.7 Å². The molecular weight excluding hydrogens is 282 g/mol. The molecule has 0 unspecified atom stereocenters. The van der Waals surface area contributed by atoms with Crippen LogP contribution in [0.3, 0.4) is 0 Å². The quantitative estimate of drug-likeness (QED) is 0.858. The molecule has 0 spiro atoms. The third-order valence-electron chi connectivity index (χ3n) is 4.14. The van der Waals surface area contributed by atoms with Crippen LogP contribution in [0.15, 0.2) is 0 Å². The molecule has 1 aliphatic rings. The van der Waals surface area contributed by atoms with E-state index < -0.39 is 0 Å². The van der Waals surface area contributed by atoms with E-state index in [1.807, 2.05) is 11.8 Å². The fourth-order valence-corrected chi connectivity index (χ4v) is 4.26. The Hall–Kier alpha value is -0.940. The van der Waals surface area contributed by atoms with Crippen LogP contribution >= 0.6 is 11.3 Å². The maximum atomic E-state index is 12.8. The summed E-state index contributed by atoms with van der Waals surface area (Å²) in [4.78, 5) is 22.4. The summed E-state index contributed by atoms with van der Waals surface area (Å²) in [6.07, 6.45) is 0.954. The maximum absolute atomic E-state index is 12.8. The average Bonchev–Trinajstić information content (AvgIpc) is 2.91. The predicted octanol–water partition coefficient (Wildman–Crippen LogP) is 2.67. The largest absolute Gasteiger partial charge is 0.336 e. The summed E-state index contributed by atoms with van der Waals surface area (Å²) in [5.41, 5.74) is 0.890. The van der Waals surface area contributed by atoms with E-state index in [2.05, 4.69) is 44.8 Å². The van der Waals surface area contributed by atoms with Crippen molar-refractivity contribution in [3.63, 3.8) is 0 Å². The van der Waals surface area contributed by atoms with Crippen molar-refractivity contribution in [2.45, 2.75) is 40.2 Å².